The zero-order chi connectivity index (χ0) is 18.9. The van der Waals surface area contributed by atoms with Crippen molar-refractivity contribution in [2.75, 3.05) is 38.7 Å². The molecule has 146 valence electrons. The lowest BCUT2D eigenvalue weighted by Crippen LogP contribution is -2.38. The van der Waals surface area contributed by atoms with Gasteiger partial charge in [0.1, 0.15) is 17.1 Å². The highest BCUT2D eigenvalue weighted by Gasteiger charge is 2.27. The summed E-state index contributed by atoms with van der Waals surface area (Å²) in [6, 6.07) is 4.14. The quantitative estimate of drug-likeness (QED) is 0.686. The highest BCUT2D eigenvalue weighted by molar-refractivity contribution is 5.61. The van der Waals surface area contributed by atoms with Crippen molar-refractivity contribution in [1.29, 1.82) is 0 Å². The van der Waals surface area contributed by atoms with Crippen LogP contribution in [0.15, 0.2) is 24.5 Å². The number of piperidine rings is 1. The SMILES string of the molecule is COc1cc2ncc(-c3ccnc(NC4CCCNC4)n3)n2nc1C1COC1. The van der Waals surface area contributed by atoms with Gasteiger partial charge in [0.25, 0.3) is 0 Å². The molecule has 2 N–H and O–H groups in total. The fourth-order valence-electron chi connectivity index (χ4n) is 3.65. The lowest BCUT2D eigenvalue weighted by Gasteiger charge is -2.26. The second-order valence-corrected chi connectivity index (χ2v) is 7.20. The molecular weight excluding hydrogens is 358 g/mol. The molecular formula is C19H23N7O2. The lowest BCUT2D eigenvalue weighted by atomic mass is 10.0. The van der Waals surface area contributed by atoms with Crippen LogP contribution in [0, 0.1) is 0 Å². The van der Waals surface area contributed by atoms with E-state index in [9.17, 15) is 0 Å². The van der Waals surface area contributed by atoms with Crippen molar-refractivity contribution >= 4 is 11.6 Å². The number of hydrogen-bond acceptors (Lipinski definition) is 8. The van der Waals surface area contributed by atoms with E-state index in [1.54, 1.807) is 19.5 Å². The van der Waals surface area contributed by atoms with Gasteiger partial charge >= 0.3 is 0 Å². The van der Waals surface area contributed by atoms with Gasteiger partial charge < -0.3 is 20.1 Å². The van der Waals surface area contributed by atoms with Crippen molar-refractivity contribution < 1.29 is 9.47 Å². The highest BCUT2D eigenvalue weighted by atomic mass is 16.5. The average Bonchev–Trinajstić information content (AvgIpc) is 3.10. The van der Waals surface area contributed by atoms with Gasteiger partial charge in [-0.05, 0) is 25.5 Å². The number of anilines is 1. The van der Waals surface area contributed by atoms with Crippen LogP contribution in [0.1, 0.15) is 24.5 Å². The van der Waals surface area contributed by atoms with Crippen molar-refractivity contribution in [2.24, 2.45) is 0 Å². The summed E-state index contributed by atoms with van der Waals surface area (Å²) in [4.78, 5) is 13.6. The second-order valence-electron chi connectivity index (χ2n) is 7.20. The molecule has 5 heterocycles. The van der Waals surface area contributed by atoms with Gasteiger partial charge in [0.05, 0.1) is 38.1 Å². The molecule has 9 nitrogen and oxygen atoms in total. The van der Waals surface area contributed by atoms with Gasteiger partial charge in [-0.2, -0.15) is 5.10 Å². The van der Waals surface area contributed by atoms with Crippen LogP contribution >= 0.6 is 0 Å². The molecule has 5 rings (SSSR count). The largest absolute Gasteiger partial charge is 0.495 e. The minimum atomic E-state index is 0.246. The van der Waals surface area contributed by atoms with Crippen LogP contribution < -0.4 is 15.4 Å². The number of nitrogens with zero attached hydrogens (tertiary/aromatic N) is 5. The molecule has 0 aromatic carbocycles. The summed E-state index contributed by atoms with van der Waals surface area (Å²) in [6.45, 7) is 3.33. The Morgan fingerprint density at radius 3 is 3.00 bits per heavy atom. The Morgan fingerprint density at radius 1 is 1.32 bits per heavy atom. The van der Waals surface area contributed by atoms with E-state index in [0.29, 0.717) is 25.2 Å². The monoisotopic (exact) mass is 381 g/mol. The van der Waals surface area contributed by atoms with Gasteiger partial charge in [-0.3, -0.25) is 0 Å². The molecule has 2 fully saturated rings. The second kappa shape index (κ2) is 7.33. The van der Waals surface area contributed by atoms with Crippen LogP contribution in [0.4, 0.5) is 5.95 Å². The van der Waals surface area contributed by atoms with E-state index in [2.05, 4.69) is 20.6 Å². The lowest BCUT2D eigenvalue weighted by molar-refractivity contribution is 0.00530. The van der Waals surface area contributed by atoms with E-state index in [1.165, 1.54) is 0 Å². The van der Waals surface area contributed by atoms with Crippen molar-refractivity contribution in [3.63, 3.8) is 0 Å². The molecule has 3 aromatic rings. The fourth-order valence-corrected chi connectivity index (χ4v) is 3.65. The predicted molar refractivity (Wildman–Crippen MR) is 104 cm³/mol. The van der Waals surface area contributed by atoms with Gasteiger partial charge in [0.2, 0.25) is 5.95 Å². The first-order chi connectivity index (χ1) is 13.8. The summed E-state index contributed by atoms with van der Waals surface area (Å²) < 4.78 is 12.7. The molecule has 3 aromatic heterocycles. The molecule has 2 aliphatic heterocycles. The summed E-state index contributed by atoms with van der Waals surface area (Å²) >= 11 is 0. The van der Waals surface area contributed by atoms with Crippen LogP contribution in [0.2, 0.25) is 0 Å². The number of nitrogens with one attached hydrogen (secondary N) is 2. The third-order valence-electron chi connectivity index (χ3n) is 5.28. The summed E-state index contributed by atoms with van der Waals surface area (Å²) in [7, 11) is 1.66. The molecule has 2 saturated heterocycles. The topological polar surface area (TPSA) is 98.5 Å². The highest BCUT2D eigenvalue weighted by Crippen LogP contribution is 2.31. The maximum Gasteiger partial charge on any atom is 0.223 e. The van der Waals surface area contributed by atoms with E-state index in [-0.39, 0.29) is 5.92 Å². The third-order valence-corrected chi connectivity index (χ3v) is 5.28. The molecule has 0 radical (unpaired) electrons. The minimum Gasteiger partial charge on any atom is -0.495 e. The number of hydrogen-bond donors (Lipinski definition) is 2. The Labute approximate surface area is 162 Å². The Kier molecular flexibility index (Phi) is 4.53. The first-order valence-electron chi connectivity index (χ1n) is 9.63. The molecule has 1 unspecified atom stereocenters. The van der Waals surface area contributed by atoms with Crippen molar-refractivity contribution in [3.05, 3.63) is 30.2 Å². The number of aromatic nitrogens is 5. The van der Waals surface area contributed by atoms with Gasteiger partial charge in [0.15, 0.2) is 5.65 Å². The average molecular weight is 381 g/mol. The van der Waals surface area contributed by atoms with E-state index in [4.69, 9.17) is 19.6 Å². The van der Waals surface area contributed by atoms with E-state index in [0.717, 1.165) is 54.4 Å². The van der Waals surface area contributed by atoms with Gasteiger partial charge in [-0.1, -0.05) is 0 Å². The van der Waals surface area contributed by atoms with Gasteiger partial charge in [0, 0.05) is 24.8 Å². The van der Waals surface area contributed by atoms with E-state index < -0.39 is 0 Å². The molecule has 0 aliphatic carbocycles. The van der Waals surface area contributed by atoms with Gasteiger partial charge in [-0.25, -0.2) is 19.5 Å². The Hall–Kier alpha value is -2.78. The molecule has 28 heavy (non-hydrogen) atoms. The predicted octanol–water partition coefficient (Wildman–Crippen LogP) is 1.47. The number of fused-ring (bicyclic) bond motifs is 1. The van der Waals surface area contributed by atoms with Crippen LogP contribution in [0.5, 0.6) is 5.75 Å². The zero-order valence-electron chi connectivity index (χ0n) is 15.8. The summed E-state index contributed by atoms with van der Waals surface area (Å²) in [5, 5.41) is 11.6. The molecule has 1 atom stereocenters. The standard InChI is InChI=1S/C19H23N7O2/c1-27-16-7-17-22-9-15(26(17)25-18(16)12-10-28-11-12)14-4-6-21-19(24-14)23-13-3-2-5-20-8-13/h4,6-7,9,12-13,20H,2-3,5,8,10-11H2,1H3,(H,21,23,24). The van der Waals surface area contributed by atoms with Crippen LogP contribution in [-0.2, 0) is 4.74 Å². The Morgan fingerprint density at radius 2 is 2.25 bits per heavy atom. The maximum absolute atomic E-state index is 5.52. The van der Waals surface area contributed by atoms with Crippen molar-refractivity contribution in [1.82, 2.24) is 29.9 Å². The number of methoxy groups -OCH3 is 1. The maximum atomic E-state index is 5.52. The first-order valence-corrected chi connectivity index (χ1v) is 9.63. The summed E-state index contributed by atoms with van der Waals surface area (Å²) in [6.07, 6.45) is 5.83. The Bertz CT molecular complexity index is 980. The van der Waals surface area contributed by atoms with Crippen LogP contribution in [-0.4, -0.2) is 64.0 Å². The molecule has 2 aliphatic rings. The first kappa shape index (κ1) is 17.3. The Balaban J connectivity index is 1.49. The summed E-state index contributed by atoms with van der Waals surface area (Å²) in [5.74, 6) is 1.62. The molecule has 0 amide bonds. The third kappa shape index (κ3) is 3.16. The van der Waals surface area contributed by atoms with Gasteiger partial charge in [-0.15, -0.1) is 0 Å². The minimum absolute atomic E-state index is 0.246. The van der Waals surface area contributed by atoms with Crippen molar-refractivity contribution in [3.8, 4) is 17.1 Å². The number of imidazole rings is 1. The van der Waals surface area contributed by atoms with Crippen LogP contribution in [0.3, 0.4) is 0 Å². The van der Waals surface area contributed by atoms with E-state index in [1.807, 2.05) is 16.6 Å². The van der Waals surface area contributed by atoms with E-state index >= 15 is 0 Å². The number of rotatable bonds is 5. The van der Waals surface area contributed by atoms with Crippen LogP contribution in [0.25, 0.3) is 17.0 Å². The van der Waals surface area contributed by atoms with Crippen molar-refractivity contribution in [2.45, 2.75) is 24.8 Å². The molecule has 0 bridgehead atoms. The summed E-state index contributed by atoms with van der Waals surface area (Å²) in [5.41, 5.74) is 3.22. The number of ether oxygens (including phenoxy) is 2. The molecule has 9 heteroatoms. The fraction of sp³-hybridized carbons (Fsp3) is 0.474. The smallest absolute Gasteiger partial charge is 0.223 e. The molecule has 0 spiro atoms. The molecule has 0 saturated carbocycles. The normalized spacial score (nSPS) is 20.1. The zero-order valence-corrected chi connectivity index (χ0v) is 15.8.